The maximum absolute atomic E-state index is 10.6. The summed E-state index contributed by atoms with van der Waals surface area (Å²) < 4.78 is 5.80. The van der Waals surface area contributed by atoms with Crippen LogP contribution in [0.5, 0.6) is 0 Å². The van der Waals surface area contributed by atoms with Gasteiger partial charge in [0.15, 0.2) is 0 Å². The molecule has 0 aromatic carbocycles. The highest BCUT2D eigenvalue weighted by Crippen LogP contribution is 2.41. The van der Waals surface area contributed by atoms with Gasteiger partial charge in [0, 0.05) is 6.54 Å². The van der Waals surface area contributed by atoms with Crippen LogP contribution in [0, 0.1) is 0 Å². The van der Waals surface area contributed by atoms with E-state index in [2.05, 4.69) is 17.5 Å². The number of nitrogens with one attached hydrogen (secondary N) is 1. The molecule has 78 valence electrons. The van der Waals surface area contributed by atoms with Crippen molar-refractivity contribution in [3.05, 3.63) is 12.2 Å². The number of fused-ring (bicyclic) bond motifs is 2. The topological polar surface area (TPSA) is 41.5 Å². The average Bonchev–Trinajstić information content (AvgIpc) is 2.84. The molecule has 0 amide bonds. The smallest absolute Gasteiger partial charge is 0.110 e. The molecule has 3 rings (SSSR count). The summed E-state index contributed by atoms with van der Waals surface area (Å²) in [5.41, 5.74) is -0.653. The first kappa shape index (κ1) is 8.89. The summed E-state index contributed by atoms with van der Waals surface area (Å²) in [5.74, 6) is 0. The highest BCUT2D eigenvalue weighted by molar-refractivity contribution is 5.15. The van der Waals surface area contributed by atoms with Crippen LogP contribution in [0.1, 0.15) is 25.7 Å². The van der Waals surface area contributed by atoms with Crippen LogP contribution in [0.3, 0.4) is 0 Å². The van der Waals surface area contributed by atoms with Crippen LogP contribution in [-0.4, -0.2) is 35.5 Å². The molecule has 0 aromatic rings. The quantitative estimate of drug-likeness (QED) is 0.602. The van der Waals surface area contributed by atoms with Gasteiger partial charge in [0.05, 0.1) is 18.2 Å². The van der Waals surface area contributed by atoms with Crippen molar-refractivity contribution < 1.29 is 9.84 Å². The molecule has 3 nitrogen and oxygen atoms in total. The third-order valence-corrected chi connectivity index (χ3v) is 3.85. The predicted molar refractivity (Wildman–Crippen MR) is 53.0 cm³/mol. The lowest BCUT2D eigenvalue weighted by molar-refractivity contribution is -0.150. The van der Waals surface area contributed by atoms with Gasteiger partial charge in [0.2, 0.25) is 0 Å². The molecule has 0 radical (unpaired) electrons. The molecular weight excluding hydrogens is 178 g/mol. The molecule has 0 spiro atoms. The number of ether oxygens (including phenoxy) is 1. The molecule has 0 aliphatic carbocycles. The van der Waals surface area contributed by atoms with E-state index in [1.807, 2.05) is 0 Å². The third kappa shape index (κ3) is 1.16. The summed E-state index contributed by atoms with van der Waals surface area (Å²) in [5, 5.41) is 13.9. The summed E-state index contributed by atoms with van der Waals surface area (Å²) in [4.78, 5) is 0. The zero-order valence-corrected chi connectivity index (χ0v) is 8.28. The van der Waals surface area contributed by atoms with Gasteiger partial charge in [-0.3, -0.25) is 0 Å². The Balaban J connectivity index is 1.83. The fourth-order valence-electron chi connectivity index (χ4n) is 3.01. The molecule has 0 aromatic heterocycles. The first-order valence-corrected chi connectivity index (χ1v) is 5.57. The van der Waals surface area contributed by atoms with Crippen molar-refractivity contribution in [3.63, 3.8) is 0 Å². The van der Waals surface area contributed by atoms with Crippen LogP contribution >= 0.6 is 0 Å². The lowest BCUT2D eigenvalue weighted by atomic mass is 9.83. The molecule has 4 atom stereocenters. The second-order valence-electron chi connectivity index (χ2n) is 4.67. The molecule has 3 aliphatic heterocycles. The average molecular weight is 195 g/mol. The summed E-state index contributed by atoms with van der Waals surface area (Å²) >= 11 is 0. The molecule has 3 heterocycles. The van der Waals surface area contributed by atoms with Gasteiger partial charge in [-0.1, -0.05) is 12.2 Å². The lowest BCUT2D eigenvalue weighted by Gasteiger charge is -2.41. The Bertz CT molecular complexity index is 266. The zero-order valence-electron chi connectivity index (χ0n) is 8.28. The second-order valence-corrected chi connectivity index (χ2v) is 4.67. The number of aliphatic hydroxyl groups is 1. The SMILES string of the molecule is OC1(C2C=CCN2)CCC2CCC1O2. The Kier molecular flexibility index (Phi) is 1.94. The lowest BCUT2D eigenvalue weighted by Crippen LogP contribution is -2.57. The summed E-state index contributed by atoms with van der Waals surface area (Å²) in [6.45, 7) is 0.878. The van der Waals surface area contributed by atoms with Crippen molar-refractivity contribution in [3.8, 4) is 0 Å². The number of rotatable bonds is 1. The molecule has 14 heavy (non-hydrogen) atoms. The van der Waals surface area contributed by atoms with Crippen LogP contribution in [0.15, 0.2) is 12.2 Å². The molecule has 3 aliphatic rings. The minimum atomic E-state index is -0.653. The van der Waals surface area contributed by atoms with Crippen LogP contribution in [0.4, 0.5) is 0 Å². The maximum Gasteiger partial charge on any atom is 0.110 e. The van der Waals surface area contributed by atoms with Gasteiger partial charge < -0.3 is 15.2 Å². The third-order valence-electron chi connectivity index (χ3n) is 3.85. The Labute approximate surface area is 84.1 Å². The minimum absolute atomic E-state index is 0.0569. The summed E-state index contributed by atoms with van der Waals surface area (Å²) in [6.07, 6.45) is 8.69. The second kappa shape index (κ2) is 3.05. The Hall–Kier alpha value is -0.380. The first-order valence-electron chi connectivity index (χ1n) is 5.57. The largest absolute Gasteiger partial charge is 0.385 e. The Morgan fingerprint density at radius 1 is 1.36 bits per heavy atom. The monoisotopic (exact) mass is 195 g/mol. The predicted octanol–water partition coefficient (Wildman–Crippen LogP) is 0.587. The van der Waals surface area contributed by atoms with Crippen molar-refractivity contribution in [2.75, 3.05) is 6.54 Å². The van der Waals surface area contributed by atoms with Crippen LogP contribution in [-0.2, 0) is 4.74 Å². The molecule has 3 heteroatoms. The summed E-state index contributed by atoms with van der Waals surface area (Å²) in [6, 6.07) is 0.103. The fourth-order valence-corrected chi connectivity index (χ4v) is 3.01. The van der Waals surface area contributed by atoms with E-state index in [1.54, 1.807) is 0 Å². The maximum atomic E-state index is 10.6. The summed E-state index contributed by atoms with van der Waals surface area (Å²) in [7, 11) is 0. The van der Waals surface area contributed by atoms with E-state index in [-0.39, 0.29) is 12.1 Å². The van der Waals surface area contributed by atoms with E-state index < -0.39 is 5.60 Å². The molecule has 2 bridgehead atoms. The standard InChI is InChI=1S/C11H17NO2/c13-11(9-2-1-7-12-9)6-5-8-3-4-10(11)14-8/h1-2,8-10,12-13H,3-7H2. The highest BCUT2D eigenvalue weighted by atomic mass is 16.5. The number of hydrogen-bond acceptors (Lipinski definition) is 3. The van der Waals surface area contributed by atoms with E-state index in [9.17, 15) is 5.11 Å². The van der Waals surface area contributed by atoms with Gasteiger partial charge in [-0.05, 0) is 25.7 Å². The van der Waals surface area contributed by atoms with Crippen LogP contribution in [0.25, 0.3) is 0 Å². The first-order chi connectivity index (χ1) is 6.79. The highest BCUT2D eigenvalue weighted by Gasteiger charge is 2.50. The van der Waals surface area contributed by atoms with Crippen molar-refractivity contribution in [1.82, 2.24) is 5.32 Å². The van der Waals surface area contributed by atoms with E-state index in [0.29, 0.717) is 6.10 Å². The molecule has 2 N–H and O–H groups in total. The van der Waals surface area contributed by atoms with Crippen molar-refractivity contribution in [2.45, 2.75) is 49.5 Å². The van der Waals surface area contributed by atoms with Gasteiger partial charge in [-0.25, -0.2) is 0 Å². The molecule has 0 saturated carbocycles. The number of hydrogen-bond donors (Lipinski definition) is 2. The van der Waals surface area contributed by atoms with Gasteiger partial charge in [0.1, 0.15) is 5.60 Å². The molecule has 2 saturated heterocycles. The van der Waals surface area contributed by atoms with E-state index in [0.717, 1.165) is 32.2 Å². The molecule has 2 fully saturated rings. The normalized spacial score (nSPS) is 51.4. The molecular formula is C11H17NO2. The van der Waals surface area contributed by atoms with Gasteiger partial charge in [-0.15, -0.1) is 0 Å². The van der Waals surface area contributed by atoms with Crippen LogP contribution in [0.2, 0.25) is 0 Å². The Morgan fingerprint density at radius 2 is 2.29 bits per heavy atom. The van der Waals surface area contributed by atoms with Crippen LogP contribution < -0.4 is 5.32 Å². The fraction of sp³-hybridized carbons (Fsp3) is 0.818. The van der Waals surface area contributed by atoms with Crippen molar-refractivity contribution in [2.24, 2.45) is 0 Å². The van der Waals surface area contributed by atoms with E-state index in [4.69, 9.17) is 4.74 Å². The van der Waals surface area contributed by atoms with Gasteiger partial charge in [-0.2, -0.15) is 0 Å². The van der Waals surface area contributed by atoms with Crippen molar-refractivity contribution in [1.29, 1.82) is 0 Å². The Morgan fingerprint density at radius 3 is 3.07 bits per heavy atom. The minimum Gasteiger partial charge on any atom is -0.385 e. The van der Waals surface area contributed by atoms with Crippen molar-refractivity contribution >= 4 is 0 Å². The van der Waals surface area contributed by atoms with Gasteiger partial charge >= 0.3 is 0 Å². The van der Waals surface area contributed by atoms with E-state index >= 15 is 0 Å². The molecule has 4 unspecified atom stereocenters. The van der Waals surface area contributed by atoms with E-state index in [1.165, 1.54) is 0 Å². The zero-order chi connectivity index (χ0) is 9.60. The van der Waals surface area contributed by atoms with Gasteiger partial charge in [0.25, 0.3) is 0 Å².